The standard InChI is InChI=1S/C25H31N3O6S/c1-5-8-34-24(33)25(10-17(27-12-25)9-16-6-7-26-11-13(16)2)35-21-14(3)19-18(15(4)29)22(30)28(19)20(21)23(31)32/h5-7,11,14-15,17-19,27,29H,1,8-10,12H2,2-4H3,(H,31,32)/t14-,15-,17-,18-,19-,25+/m1/s1. The summed E-state index contributed by atoms with van der Waals surface area (Å²) in [5.74, 6) is -3.06. The second-order valence-electron chi connectivity index (χ2n) is 9.54. The van der Waals surface area contributed by atoms with E-state index in [1.807, 2.05) is 19.9 Å². The van der Waals surface area contributed by atoms with Crippen molar-refractivity contribution < 1.29 is 29.3 Å². The first-order chi connectivity index (χ1) is 16.6. The number of nitrogens with one attached hydrogen (secondary N) is 1. The van der Waals surface area contributed by atoms with Gasteiger partial charge < -0.3 is 25.2 Å². The molecule has 4 heterocycles. The number of aliphatic hydroxyl groups is 1. The van der Waals surface area contributed by atoms with Crippen molar-refractivity contribution >= 4 is 29.6 Å². The molecule has 3 N–H and O–H groups in total. The number of pyridine rings is 1. The zero-order valence-electron chi connectivity index (χ0n) is 20.1. The van der Waals surface area contributed by atoms with Gasteiger partial charge >= 0.3 is 11.9 Å². The number of carboxylic acid groups (broad SMARTS) is 1. The van der Waals surface area contributed by atoms with Gasteiger partial charge in [0.1, 0.15) is 17.1 Å². The number of carbonyl (C=O) groups is 3. The van der Waals surface area contributed by atoms with E-state index in [-0.39, 0.29) is 24.3 Å². The fraction of sp³-hybridized carbons (Fsp3) is 0.520. The van der Waals surface area contributed by atoms with Gasteiger partial charge in [-0.1, -0.05) is 19.6 Å². The lowest BCUT2D eigenvalue weighted by atomic mass is 9.79. The molecule has 35 heavy (non-hydrogen) atoms. The van der Waals surface area contributed by atoms with Crippen LogP contribution in [0.5, 0.6) is 0 Å². The van der Waals surface area contributed by atoms with Crippen molar-refractivity contribution in [3.05, 3.63) is 52.8 Å². The Hall–Kier alpha value is -2.69. The Morgan fingerprint density at radius 1 is 1.49 bits per heavy atom. The van der Waals surface area contributed by atoms with Crippen molar-refractivity contribution in [3.63, 3.8) is 0 Å². The molecule has 4 rings (SSSR count). The summed E-state index contributed by atoms with van der Waals surface area (Å²) in [7, 11) is 0. The molecule has 0 bridgehead atoms. The molecule has 0 saturated carbocycles. The highest BCUT2D eigenvalue weighted by Gasteiger charge is 2.61. The molecule has 3 aliphatic heterocycles. The van der Waals surface area contributed by atoms with E-state index < -0.39 is 40.7 Å². The predicted octanol–water partition coefficient (Wildman–Crippen LogP) is 1.65. The van der Waals surface area contributed by atoms with Gasteiger partial charge in [0.15, 0.2) is 0 Å². The average molecular weight is 502 g/mol. The molecule has 1 amide bonds. The molecule has 3 aliphatic rings. The van der Waals surface area contributed by atoms with Gasteiger partial charge in [-0.05, 0) is 43.9 Å². The van der Waals surface area contributed by atoms with Gasteiger partial charge in [0.25, 0.3) is 0 Å². The summed E-state index contributed by atoms with van der Waals surface area (Å²) in [5.41, 5.74) is 2.08. The normalized spacial score (nSPS) is 30.6. The van der Waals surface area contributed by atoms with Crippen LogP contribution in [-0.2, 0) is 25.5 Å². The Kier molecular flexibility index (Phi) is 7.08. The highest BCUT2D eigenvalue weighted by Crippen LogP contribution is 2.54. The molecule has 10 heteroatoms. The summed E-state index contributed by atoms with van der Waals surface area (Å²) in [6, 6.07) is 1.48. The minimum absolute atomic E-state index is 0.0330. The van der Waals surface area contributed by atoms with Crippen LogP contribution in [-0.4, -0.2) is 74.0 Å². The summed E-state index contributed by atoms with van der Waals surface area (Å²) >= 11 is 1.19. The fourth-order valence-corrected chi connectivity index (χ4v) is 7.01. The summed E-state index contributed by atoms with van der Waals surface area (Å²) in [4.78, 5) is 44.2. The first kappa shape index (κ1) is 25.4. The van der Waals surface area contributed by atoms with Crippen LogP contribution >= 0.6 is 11.8 Å². The molecule has 9 nitrogen and oxygen atoms in total. The number of hydrogen-bond donors (Lipinski definition) is 3. The largest absolute Gasteiger partial charge is 0.477 e. The van der Waals surface area contributed by atoms with E-state index >= 15 is 0 Å². The average Bonchev–Trinajstić information content (AvgIpc) is 3.31. The van der Waals surface area contributed by atoms with E-state index in [2.05, 4.69) is 16.9 Å². The number of esters is 1. The number of carboxylic acids is 1. The van der Waals surface area contributed by atoms with Crippen LogP contribution in [0.1, 0.15) is 31.4 Å². The number of aliphatic hydroxyl groups excluding tert-OH is 1. The van der Waals surface area contributed by atoms with Crippen molar-refractivity contribution in [2.75, 3.05) is 13.2 Å². The van der Waals surface area contributed by atoms with Gasteiger partial charge in [0, 0.05) is 35.8 Å². The minimum atomic E-state index is -1.22. The third-order valence-corrected chi connectivity index (χ3v) is 8.83. The van der Waals surface area contributed by atoms with Crippen LogP contribution in [0.25, 0.3) is 0 Å². The number of aromatic nitrogens is 1. The van der Waals surface area contributed by atoms with Crippen LogP contribution in [0.2, 0.25) is 0 Å². The lowest BCUT2D eigenvalue weighted by Gasteiger charge is -2.46. The highest BCUT2D eigenvalue weighted by molar-refractivity contribution is 8.05. The number of aryl methyl sites for hydroxylation is 1. The van der Waals surface area contributed by atoms with Crippen molar-refractivity contribution in [1.29, 1.82) is 0 Å². The number of aliphatic carboxylic acids is 1. The fourth-order valence-electron chi connectivity index (χ4n) is 5.40. The molecule has 0 radical (unpaired) electrons. The van der Waals surface area contributed by atoms with Gasteiger partial charge in [0.05, 0.1) is 18.1 Å². The summed E-state index contributed by atoms with van der Waals surface area (Å²) in [6.45, 7) is 9.33. The van der Waals surface area contributed by atoms with Crippen LogP contribution < -0.4 is 5.32 Å². The molecule has 0 aromatic carbocycles. The lowest BCUT2D eigenvalue weighted by Crippen LogP contribution is -2.63. The predicted molar refractivity (Wildman–Crippen MR) is 130 cm³/mol. The number of thioether (sulfide) groups is 1. The maximum absolute atomic E-state index is 13.3. The molecule has 0 unspecified atom stereocenters. The van der Waals surface area contributed by atoms with Crippen molar-refractivity contribution in [1.82, 2.24) is 15.2 Å². The maximum Gasteiger partial charge on any atom is 0.353 e. The molecule has 2 saturated heterocycles. The second-order valence-corrected chi connectivity index (χ2v) is 11.0. The molecular formula is C25H31N3O6S. The molecule has 1 aromatic heterocycles. The zero-order chi connectivity index (χ0) is 25.5. The van der Waals surface area contributed by atoms with Crippen LogP contribution in [0, 0.1) is 18.8 Å². The molecule has 188 valence electrons. The second kappa shape index (κ2) is 9.75. The third-order valence-electron chi connectivity index (χ3n) is 7.18. The van der Waals surface area contributed by atoms with Crippen molar-refractivity contribution in [2.24, 2.45) is 11.8 Å². The number of carbonyl (C=O) groups excluding carboxylic acids is 2. The lowest BCUT2D eigenvalue weighted by molar-refractivity contribution is -0.163. The Balaban J connectivity index is 1.65. The van der Waals surface area contributed by atoms with E-state index in [0.717, 1.165) is 11.1 Å². The monoisotopic (exact) mass is 501 g/mol. The van der Waals surface area contributed by atoms with Gasteiger partial charge in [-0.3, -0.25) is 14.6 Å². The number of amides is 1. The molecule has 6 atom stereocenters. The van der Waals surface area contributed by atoms with E-state index in [0.29, 0.717) is 24.3 Å². The van der Waals surface area contributed by atoms with E-state index in [1.165, 1.54) is 22.7 Å². The van der Waals surface area contributed by atoms with Crippen molar-refractivity contribution in [3.8, 4) is 0 Å². The molecule has 0 spiro atoms. The number of rotatable bonds is 9. The topological polar surface area (TPSA) is 129 Å². The minimum Gasteiger partial charge on any atom is -0.477 e. The number of hydrogen-bond acceptors (Lipinski definition) is 8. The SMILES string of the molecule is C=CCOC(=O)[C@@]1(SC2=C(C(=O)O)N3C(=O)[C@H]([C@@H](C)O)[C@H]3[C@H]2C)CN[C@H](Cc2ccncc2C)C1. The van der Waals surface area contributed by atoms with Crippen LogP contribution in [0.3, 0.4) is 0 Å². The van der Waals surface area contributed by atoms with E-state index in [4.69, 9.17) is 4.74 Å². The first-order valence-electron chi connectivity index (χ1n) is 11.7. The van der Waals surface area contributed by atoms with Gasteiger partial charge in [0.2, 0.25) is 5.91 Å². The maximum atomic E-state index is 13.3. The molecule has 2 fully saturated rings. The van der Waals surface area contributed by atoms with Crippen LogP contribution in [0.15, 0.2) is 41.7 Å². The summed E-state index contributed by atoms with van der Waals surface area (Å²) in [6.07, 6.45) is 5.25. The molecular weight excluding hydrogens is 470 g/mol. The number of nitrogens with zero attached hydrogens (tertiary/aromatic N) is 2. The summed E-state index contributed by atoms with van der Waals surface area (Å²) in [5, 5.41) is 23.5. The summed E-state index contributed by atoms with van der Waals surface area (Å²) < 4.78 is 4.41. The van der Waals surface area contributed by atoms with Gasteiger partial charge in [-0.25, -0.2) is 4.79 Å². The van der Waals surface area contributed by atoms with Crippen LogP contribution in [0.4, 0.5) is 0 Å². The molecule has 1 aromatic rings. The Morgan fingerprint density at radius 3 is 2.86 bits per heavy atom. The highest BCUT2D eigenvalue weighted by atomic mass is 32.2. The zero-order valence-corrected chi connectivity index (χ0v) is 20.9. The van der Waals surface area contributed by atoms with E-state index in [9.17, 15) is 24.6 Å². The Morgan fingerprint density at radius 2 is 2.23 bits per heavy atom. The quantitative estimate of drug-likeness (QED) is 0.263. The Labute approximate surface area is 208 Å². The number of ether oxygens (including phenoxy) is 1. The molecule has 0 aliphatic carbocycles. The van der Waals surface area contributed by atoms with Gasteiger partial charge in [-0.15, -0.1) is 11.8 Å². The number of fused-ring (bicyclic) bond motifs is 1. The Bertz CT molecular complexity index is 1090. The van der Waals surface area contributed by atoms with E-state index in [1.54, 1.807) is 19.3 Å². The van der Waals surface area contributed by atoms with Crippen molar-refractivity contribution in [2.45, 2.75) is 56.5 Å². The number of β-lactam (4-membered cyclic amide) rings is 1. The third kappa shape index (κ3) is 4.39. The first-order valence-corrected chi connectivity index (χ1v) is 12.5. The van der Waals surface area contributed by atoms with Gasteiger partial charge in [-0.2, -0.15) is 0 Å². The smallest absolute Gasteiger partial charge is 0.353 e.